The van der Waals surface area contributed by atoms with Crippen LogP contribution in [0.4, 0.5) is 13.2 Å². The second-order valence-electron chi connectivity index (χ2n) is 7.64. The van der Waals surface area contributed by atoms with Crippen molar-refractivity contribution in [3.05, 3.63) is 35.4 Å². The van der Waals surface area contributed by atoms with Gasteiger partial charge in [0.2, 0.25) is 11.8 Å². The van der Waals surface area contributed by atoms with Gasteiger partial charge in [-0.1, -0.05) is 19.1 Å². The monoisotopic (exact) mass is 433 g/mol. The van der Waals surface area contributed by atoms with Gasteiger partial charge in [-0.05, 0) is 37.0 Å². The van der Waals surface area contributed by atoms with Crippen molar-refractivity contribution in [3.63, 3.8) is 0 Å². The van der Waals surface area contributed by atoms with E-state index < -0.39 is 11.7 Å². The van der Waals surface area contributed by atoms with Crippen molar-refractivity contribution in [1.82, 2.24) is 15.1 Å². The van der Waals surface area contributed by atoms with Crippen molar-refractivity contribution in [2.45, 2.75) is 38.4 Å². The molecule has 3 rings (SSSR count). The van der Waals surface area contributed by atoms with Crippen LogP contribution in [0.2, 0.25) is 0 Å². The van der Waals surface area contributed by atoms with E-state index >= 15 is 0 Å². The molecule has 5 nitrogen and oxygen atoms in total. The Morgan fingerprint density at radius 1 is 1.24 bits per heavy atom. The van der Waals surface area contributed by atoms with E-state index in [2.05, 4.69) is 5.32 Å². The molecule has 0 spiro atoms. The zero-order valence-corrected chi connectivity index (χ0v) is 17.2. The Hall–Kier alpha value is -1.80. The number of alkyl halides is 3. The van der Waals surface area contributed by atoms with Crippen LogP contribution in [-0.2, 0) is 22.2 Å². The topological polar surface area (TPSA) is 52.7 Å². The first-order valence-corrected chi connectivity index (χ1v) is 9.71. The summed E-state index contributed by atoms with van der Waals surface area (Å²) in [6.07, 6.45) is -2.22. The second kappa shape index (κ2) is 9.80. The number of hydrogen-bond acceptors (Lipinski definition) is 3. The molecular formula is C20H27ClF3N3O2. The van der Waals surface area contributed by atoms with Crippen LogP contribution in [0.1, 0.15) is 30.9 Å². The van der Waals surface area contributed by atoms with E-state index in [1.54, 1.807) is 11.8 Å². The van der Waals surface area contributed by atoms with Gasteiger partial charge in [-0.2, -0.15) is 13.2 Å². The normalized spacial score (nSPS) is 21.5. The molecule has 2 saturated heterocycles. The average Bonchev–Trinajstić information content (AvgIpc) is 2.67. The minimum atomic E-state index is -4.36. The predicted octanol–water partition coefficient (Wildman–Crippen LogP) is 2.73. The van der Waals surface area contributed by atoms with E-state index in [1.165, 1.54) is 12.1 Å². The van der Waals surface area contributed by atoms with Gasteiger partial charge in [-0.25, -0.2) is 0 Å². The number of nitrogens with zero attached hydrogens (tertiary/aromatic N) is 2. The number of likely N-dealkylation sites (tertiary alicyclic amines) is 1. The van der Waals surface area contributed by atoms with Gasteiger partial charge < -0.3 is 15.1 Å². The Kier molecular flexibility index (Phi) is 7.94. The number of hydrogen-bond donors (Lipinski definition) is 1. The van der Waals surface area contributed by atoms with Gasteiger partial charge in [0.05, 0.1) is 12.1 Å². The lowest BCUT2D eigenvalue weighted by atomic mass is 9.96. The Balaban J connectivity index is 0.00000300. The molecule has 0 aromatic heterocycles. The number of amides is 2. The molecule has 29 heavy (non-hydrogen) atoms. The van der Waals surface area contributed by atoms with Crippen LogP contribution in [0.3, 0.4) is 0 Å². The Morgan fingerprint density at radius 2 is 1.93 bits per heavy atom. The lowest BCUT2D eigenvalue weighted by Gasteiger charge is -2.41. The Morgan fingerprint density at radius 3 is 2.55 bits per heavy atom. The zero-order chi connectivity index (χ0) is 20.3. The maximum Gasteiger partial charge on any atom is 0.416 e. The molecule has 2 heterocycles. The Labute approximate surface area is 175 Å². The van der Waals surface area contributed by atoms with Gasteiger partial charge >= 0.3 is 6.18 Å². The second-order valence-corrected chi connectivity index (χ2v) is 7.64. The molecule has 0 saturated carbocycles. The van der Waals surface area contributed by atoms with E-state index in [-0.39, 0.29) is 36.2 Å². The average molecular weight is 434 g/mol. The first kappa shape index (κ1) is 23.5. The lowest BCUT2D eigenvalue weighted by Crippen LogP contribution is -2.58. The van der Waals surface area contributed by atoms with Gasteiger partial charge in [-0.15, -0.1) is 12.4 Å². The van der Waals surface area contributed by atoms with Gasteiger partial charge in [0.1, 0.15) is 0 Å². The summed E-state index contributed by atoms with van der Waals surface area (Å²) < 4.78 is 38.0. The summed E-state index contributed by atoms with van der Waals surface area (Å²) in [5, 5.41) is 3.05. The summed E-state index contributed by atoms with van der Waals surface area (Å²) in [5.74, 6) is -0.259. The maximum absolute atomic E-state index is 12.9. The van der Waals surface area contributed by atoms with Gasteiger partial charge in [-0.3, -0.25) is 9.59 Å². The summed E-state index contributed by atoms with van der Waals surface area (Å²) in [6.45, 7) is 4.76. The third-order valence-corrected chi connectivity index (χ3v) is 5.52. The van der Waals surface area contributed by atoms with E-state index in [9.17, 15) is 22.8 Å². The van der Waals surface area contributed by atoms with Crippen LogP contribution in [0.5, 0.6) is 0 Å². The molecule has 2 atom stereocenters. The zero-order valence-electron chi connectivity index (χ0n) is 16.4. The largest absolute Gasteiger partial charge is 0.416 e. The van der Waals surface area contributed by atoms with Crippen LogP contribution in [0, 0.1) is 5.92 Å². The molecule has 2 fully saturated rings. The lowest BCUT2D eigenvalue weighted by molar-refractivity contribution is -0.142. The number of benzene rings is 1. The molecule has 0 aliphatic carbocycles. The summed E-state index contributed by atoms with van der Waals surface area (Å²) in [5.41, 5.74) is 0.0227. The number of halogens is 4. The molecule has 9 heteroatoms. The predicted molar refractivity (Wildman–Crippen MR) is 106 cm³/mol. The third-order valence-electron chi connectivity index (χ3n) is 5.52. The molecule has 2 unspecified atom stereocenters. The highest BCUT2D eigenvalue weighted by Crippen LogP contribution is 2.29. The smallest absolute Gasteiger partial charge is 0.340 e. The van der Waals surface area contributed by atoms with E-state index in [4.69, 9.17) is 0 Å². The third kappa shape index (κ3) is 5.85. The fourth-order valence-corrected chi connectivity index (χ4v) is 4.00. The summed E-state index contributed by atoms with van der Waals surface area (Å²) in [6, 6.07) is 5.03. The summed E-state index contributed by atoms with van der Waals surface area (Å²) >= 11 is 0. The minimum absolute atomic E-state index is 0. The highest BCUT2D eigenvalue weighted by Gasteiger charge is 2.33. The molecule has 2 aliphatic heterocycles. The number of piperidine rings is 1. The maximum atomic E-state index is 12.9. The molecule has 2 aliphatic rings. The van der Waals surface area contributed by atoms with Gasteiger partial charge in [0, 0.05) is 38.1 Å². The van der Waals surface area contributed by atoms with Crippen LogP contribution >= 0.6 is 12.4 Å². The fraction of sp³-hybridized carbons (Fsp3) is 0.600. The molecule has 1 aromatic rings. The van der Waals surface area contributed by atoms with Crippen molar-refractivity contribution in [2.75, 3.05) is 32.7 Å². The van der Waals surface area contributed by atoms with E-state index in [1.807, 2.05) is 4.90 Å². The number of carbonyl (C=O) groups excluding carboxylic acids is 2. The number of carbonyl (C=O) groups is 2. The SMILES string of the molecule is CC(Cc1ccc(C(F)(F)F)cc1)C(=O)N1CCCC(N2CCNCC2=O)C1.Cl. The van der Waals surface area contributed by atoms with Crippen molar-refractivity contribution in [2.24, 2.45) is 5.92 Å². The highest BCUT2D eigenvalue weighted by atomic mass is 35.5. The van der Waals surface area contributed by atoms with Crippen LogP contribution in [0.15, 0.2) is 24.3 Å². The Bertz CT molecular complexity index is 712. The number of rotatable bonds is 4. The standard InChI is InChI=1S/C20H26F3N3O2.ClH/c1-14(11-15-4-6-16(7-5-15)20(21,22)23)19(28)25-9-2-3-17(13-25)26-10-8-24-12-18(26)27;/h4-7,14,17,24H,2-3,8-13H2,1H3;1H. The first-order valence-electron chi connectivity index (χ1n) is 9.71. The summed E-state index contributed by atoms with van der Waals surface area (Å²) in [7, 11) is 0. The van der Waals surface area contributed by atoms with Crippen molar-refractivity contribution in [3.8, 4) is 0 Å². The van der Waals surface area contributed by atoms with Crippen LogP contribution in [0.25, 0.3) is 0 Å². The first-order chi connectivity index (χ1) is 13.3. The van der Waals surface area contributed by atoms with Crippen molar-refractivity contribution in [1.29, 1.82) is 0 Å². The molecule has 1 N–H and O–H groups in total. The van der Waals surface area contributed by atoms with Crippen LogP contribution < -0.4 is 5.32 Å². The molecular weight excluding hydrogens is 407 g/mol. The number of nitrogens with one attached hydrogen (secondary N) is 1. The van der Waals surface area contributed by atoms with Gasteiger partial charge in [0.25, 0.3) is 0 Å². The van der Waals surface area contributed by atoms with Gasteiger partial charge in [0.15, 0.2) is 0 Å². The highest BCUT2D eigenvalue weighted by molar-refractivity contribution is 5.85. The van der Waals surface area contributed by atoms with E-state index in [0.717, 1.165) is 31.5 Å². The molecule has 2 amide bonds. The molecule has 0 radical (unpaired) electrons. The van der Waals surface area contributed by atoms with Crippen molar-refractivity contribution >= 4 is 24.2 Å². The quantitative estimate of drug-likeness (QED) is 0.794. The fourth-order valence-electron chi connectivity index (χ4n) is 4.00. The minimum Gasteiger partial charge on any atom is -0.340 e. The van der Waals surface area contributed by atoms with Crippen molar-refractivity contribution < 1.29 is 22.8 Å². The molecule has 0 bridgehead atoms. The summed E-state index contributed by atoms with van der Waals surface area (Å²) in [4.78, 5) is 28.7. The number of piperazine rings is 1. The van der Waals surface area contributed by atoms with Crippen LogP contribution in [-0.4, -0.2) is 60.4 Å². The molecule has 162 valence electrons. The van der Waals surface area contributed by atoms with E-state index in [0.29, 0.717) is 38.2 Å². The molecule has 1 aromatic carbocycles.